The van der Waals surface area contributed by atoms with E-state index in [0.29, 0.717) is 6.61 Å². The van der Waals surface area contributed by atoms with Crippen molar-refractivity contribution in [3.8, 4) is 28.1 Å². The number of rotatable bonds is 5. The Morgan fingerprint density at radius 2 is 1.55 bits per heavy atom. The molecule has 5 aromatic rings. The lowest BCUT2D eigenvalue weighted by Gasteiger charge is -2.09. The number of aromatic nitrogens is 3. The van der Waals surface area contributed by atoms with Crippen molar-refractivity contribution in [1.82, 2.24) is 14.6 Å². The SMILES string of the molecule is Cc1nn2c(-c3ccc(OCc4ccccc4)cc3)ccnc2c1-c1ccc(Br)cc1. The summed E-state index contributed by atoms with van der Waals surface area (Å²) in [6.07, 6.45) is 1.84. The number of aryl methyl sites for hydroxylation is 1. The van der Waals surface area contributed by atoms with Crippen LogP contribution in [0.4, 0.5) is 0 Å². The Morgan fingerprint density at radius 1 is 0.839 bits per heavy atom. The zero-order valence-electron chi connectivity index (χ0n) is 17.0. The molecule has 0 N–H and O–H groups in total. The molecule has 5 rings (SSSR count). The molecule has 31 heavy (non-hydrogen) atoms. The van der Waals surface area contributed by atoms with Crippen molar-refractivity contribution in [2.24, 2.45) is 0 Å². The lowest BCUT2D eigenvalue weighted by Crippen LogP contribution is -1.97. The predicted molar refractivity (Wildman–Crippen MR) is 127 cm³/mol. The summed E-state index contributed by atoms with van der Waals surface area (Å²) in [5.41, 5.74) is 7.15. The van der Waals surface area contributed by atoms with Gasteiger partial charge in [-0.1, -0.05) is 58.4 Å². The number of hydrogen-bond acceptors (Lipinski definition) is 3. The first-order valence-electron chi connectivity index (χ1n) is 10.1. The lowest BCUT2D eigenvalue weighted by molar-refractivity contribution is 0.306. The molecule has 0 aliphatic carbocycles. The number of nitrogens with zero attached hydrogens (tertiary/aromatic N) is 3. The molecule has 0 saturated heterocycles. The maximum absolute atomic E-state index is 5.92. The highest BCUT2D eigenvalue weighted by Crippen LogP contribution is 2.31. The Bertz CT molecular complexity index is 1330. The third-order valence-electron chi connectivity index (χ3n) is 5.22. The third kappa shape index (κ3) is 3.97. The molecule has 0 bridgehead atoms. The van der Waals surface area contributed by atoms with Gasteiger partial charge in [0.05, 0.1) is 11.4 Å². The van der Waals surface area contributed by atoms with Crippen molar-refractivity contribution in [3.05, 3.63) is 107 Å². The Kier molecular flexibility index (Phi) is 5.26. The molecule has 152 valence electrons. The summed E-state index contributed by atoms with van der Waals surface area (Å²) < 4.78 is 8.90. The van der Waals surface area contributed by atoms with Crippen molar-refractivity contribution in [1.29, 1.82) is 0 Å². The van der Waals surface area contributed by atoms with Gasteiger partial charge in [-0.2, -0.15) is 5.10 Å². The molecule has 0 amide bonds. The van der Waals surface area contributed by atoms with E-state index in [1.165, 1.54) is 0 Å². The molecular weight excluding hydrogens is 450 g/mol. The maximum Gasteiger partial charge on any atom is 0.163 e. The van der Waals surface area contributed by atoms with E-state index in [1.54, 1.807) is 0 Å². The minimum Gasteiger partial charge on any atom is -0.489 e. The second-order valence-corrected chi connectivity index (χ2v) is 8.25. The van der Waals surface area contributed by atoms with Crippen LogP contribution in [0.1, 0.15) is 11.3 Å². The first-order chi connectivity index (χ1) is 15.2. The highest BCUT2D eigenvalue weighted by atomic mass is 79.9. The number of benzene rings is 3. The molecule has 0 radical (unpaired) electrons. The van der Waals surface area contributed by atoms with E-state index in [4.69, 9.17) is 9.84 Å². The average Bonchev–Trinajstić information content (AvgIpc) is 3.15. The second-order valence-electron chi connectivity index (χ2n) is 7.33. The van der Waals surface area contributed by atoms with Crippen LogP contribution in [0, 0.1) is 6.92 Å². The first kappa shape index (κ1) is 19.5. The fourth-order valence-corrected chi connectivity index (χ4v) is 3.95. The van der Waals surface area contributed by atoms with Crippen LogP contribution in [0.25, 0.3) is 28.0 Å². The topological polar surface area (TPSA) is 39.4 Å². The molecule has 0 aliphatic heterocycles. The molecule has 4 nitrogen and oxygen atoms in total. The highest BCUT2D eigenvalue weighted by molar-refractivity contribution is 9.10. The highest BCUT2D eigenvalue weighted by Gasteiger charge is 2.15. The van der Waals surface area contributed by atoms with Crippen molar-refractivity contribution >= 4 is 21.6 Å². The molecule has 0 fully saturated rings. The van der Waals surface area contributed by atoms with Gasteiger partial charge >= 0.3 is 0 Å². The van der Waals surface area contributed by atoms with Crippen molar-refractivity contribution in [3.63, 3.8) is 0 Å². The predicted octanol–water partition coefficient (Wildman–Crippen LogP) is 6.71. The molecule has 3 aromatic carbocycles. The fraction of sp³-hybridized carbons (Fsp3) is 0.0769. The van der Waals surface area contributed by atoms with E-state index in [0.717, 1.165) is 49.5 Å². The quantitative estimate of drug-likeness (QED) is 0.287. The summed E-state index contributed by atoms with van der Waals surface area (Å²) in [6.45, 7) is 2.57. The van der Waals surface area contributed by atoms with Gasteiger partial charge in [0.1, 0.15) is 12.4 Å². The summed E-state index contributed by atoms with van der Waals surface area (Å²) in [5.74, 6) is 0.838. The smallest absolute Gasteiger partial charge is 0.163 e. The van der Waals surface area contributed by atoms with Gasteiger partial charge in [-0.05, 0) is 60.5 Å². The zero-order chi connectivity index (χ0) is 21.2. The van der Waals surface area contributed by atoms with Crippen molar-refractivity contribution in [2.75, 3.05) is 0 Å². The van der Waals surface area contributed by atoms with E-state index < -0.39 is 0 Å². The van der Waals surface area contributed by atoms with Gasteiger partial charge in [0.2, 0.25) is 0 Å². The zero-order valence-corrected chi connectivity index (χ0v) is 18.6. The Balaban J connectivity index is 1.46. The molecule has 0 unspecified atom stereocenters. The monoisotopic (exact) mass is 469 g/mol. The van der Waals surface area contributed by atoms with Gasteiger partial charge in [0.15, 0.2) is 5.65 Å². The molecule has 0 saturated carbocycles. The summed E-state index contributed by atoms with van der Waals surface area (Å²) >= 11 is 3.50. The second kappa shape index (κ2) is 8.36. The van der Waals surface area contributed by atoms with Gasteiger partial charge < -0.3 is 4.74 Å². The van der Waals surface area contributed by atoms with Gasteiger partial charge in [0.25, 0.3) is 0 Å². The number of fused-ring (bicyclic) bond motifs is 1. The van der Waals surface area contributed by atoms with Crippen LogP contribution in [0.5, 0.6) is 5.75 Å². The van der Waals surface area contributed by atoms with E-state index in [1.807, 2.05) is 66.2 Å². The largest absolute Gasteiger partial charge is 0.489 e. The normalized spacial score (nSPS) is 11.0. The third-order valence-corrected chi connectivity index (χ3v) is 5.75. The molecule has 0 spiro atoms. The van der Waals surface area contributed by atoms with Gasteiger partial charge in [0, 0.05) is 21.8 Å². The van der Waals surface area contributed by atoms with Crippen LogP contribution in [0.2, 0.25) is 0 Å². The average molecular weight is 470 g/mol. The van der Waals surface area contributed by atoms with Crippen LogP contribution in [-0.4, -0.2) is 14.6 Å². The van der Waals surface area contributed by atoms with E-state index in [9.17, 15) is 0 Å². The summed E-state index contributed by atoms with van der Waals surface area (Å²) in [5, 5.41) is 4.80. The van der Waals surface area contributed by atoms with E-state index >= 15 is 0 Å². The van der Waals surface area contributed by atoms with Crippen molar-refractivity contribution < 1.29 is 4.74 Å². The maximum atomic E-state index is 5.92. The molecule has 0 atom stereocenters. The standard InChI is InChI=1S/C26H20BrN3O/c1-18-25(21-7-11-22(27)12-8-21)26-28-16-15-24(30(26)29-18)20-9-13-23(14-10-20)31-17-19-5-3-2-4-6-19/h2-16H,17H2,1H3. The van der Waals surface area contributed by atoms with E-state index in [-0.39, 0.29) is 0 Å². The molecule has 2 aromatic heterocycles. The number of ether oxygens (including phenoxy) is 1. The van der Waals surface area contributed by atoms with Crippen molar-refractivity contribution in [2.45, 2.75) is 13.5 Å². The first-order valence-corrected chi connectivity index (χ1v) is 10.9. The summed E-state index contributed by atoms with van der Waals surface area (Å²) in [6, 6.07) is 28.5. The molecular formula is C26H20BrN3O. The van der Waals surface area contributed by atoms with Gasteiger partial charge in [-0.15, -0.1) is 0 Å². The fourth-order valence-electron chi connectivity index (χ4n) is 3.69. The Hall–Kier alpha value is -3.44. The number of hydrogen-bond donors (Lipinski definition) is 0. The Labute approximate surface area is 189 Å². The molecule has 0 aliphatic rings. The lowest BCUT2D eigenvalue weighted by atomic mass is 10.1. The van der Waals surface area contributed by atoms with Gasteiger partial charge in [-0.3, -0.25) is 0 Å². The Morgan fingerprint density at radius 3 is 2.29 bits per heavy atom. The van der Waals surface area contributed by atoms with Crippen LogP contribution in [0.3, 0.4) is 0 Å². The van der Waals surface area contributed by atoms with Crippen LogP contribution < -0.4 is 4.74 Å². The minimum absolute atomic E-state index is 0.550. The summed E-state index contributed by atoms with van der Waals surface area (Å²) in [4.78, 5) is 4.63. The summed E-state index contributed by atoms with van der Waals surface area (Å²) in [7, 11) is 0. The van der Waals surface area contributed by atoms with Crippen LogP contribution in [0.15, 0.2) is 95.6 Å². The van der Waals surface area contributed by atoms with E-state index in [2.05, 4.69) is 57.3 Å². The van der Waals surface area contributed by atoms with Gasteiger partial charge in [-0.25, -0.2) is 9.50 Å². The minimum atomic E-state index is 0.550. The number of halogens is 1. The van der Waals surface area contributed by atoms with Crippen LogP contribution >= 0.6 is 15.9 Å². The molecule has 5 heteroatoms. The molecule has 2 heterocycles. The van der Waals surface area contributed by atoms with Crippen LogP contribution in [-0.2, 0) is 6.61 Å².